The number of fused-ring (bicyclic) bond motifs is 13. The first-order valence-electron chi connectivity index (χ1n) is 18.9. The van der Waals surface area contributed by atoms with Gasteiger partial charge in [-0.15, -0.1) is 0 Å². The molecule has 0 aliphatic rings. The van der Waals surface area contributed by atoms with E-state index in [1.165, 1.54) is 10.8 Å². The summed E-state index contributed by atoms with van der Waals surface area (Å²) in [5, 5.41) is 2.36. The lowest BCUT2D eigenvalue weighted by atomic mass is 10.1. The van der Waals surface area contributed by atoms with E-state index in [1.54, 1.807) is 0 Å². The summed E-state index contributed by atoms with van der Waals surface area (Å²) in [5.41, 5.74) is 11.7. The van der Waals surface area contributed by atoms with Crippen molar-refractivity contribution in [1.82, 2.24) is 47.4 Å². The highest BCUT2D eigenvalue weighted by molar-refractivity contribution is 6.09. The Morgan fingerprint density at radius 2 is 0.702 bits per heavy atom. The summed E-state index contributed by atoms with van der Waals surface area (Å²) in [7, 11) is 0. The van der Waals surface area contributed by atoms with Crippen LogP contribution in [0, 0.1) is 0 Å². The Labute approximate surface area is 322 Å². The zero-order chi connectivity index (χ0) is 37.2. The zero-order valence-corrected chi connectivity index (χ0v) is 30.1. The molecule has 0 unspecified atom stereocenters. The van der Waals surface area contributed by atoms with Gasteiger partial charge in [-0.05, 0) is 72.8 Å². The smallest absolute Gasteiger partial charge is 0.242 e. The molecule has 0 amide bonds. The molecule has 10 heteroatoms. The summed E-state index contributed by atoms with van der Waals surface area (Å²) in [6.45, 7) is 0. The number of imidazole rings is 4. The Morgan fingerprint density at radius 3 is 1.23 bits per heavy atom. The molecule has 6 aromatic heterocycles. The molecule has 13 rings (SSSR count). The molecule has 57 heavy (non-hydrogen) atoms. The van der Waals surface area contributed by atoms with E-state index in [-0.39, 0.29) is 0 Å². The van der Waals surface area contributed by atoms with E-state index in [9.17, 15) is 0 Å². The van der Waals surface area contributed by atoms with Gasteiger partial charge in [0.05, 0.1) is 60.9 Å². The molecule has 0 aliphatic heterocycles. The topological polar surface area (TPSA) is 88.1 Å². The van der Waals surface area contributed by atoms with E-state index in [0.717, 1.165) is 66.4 Å². The summed E-state index contributed by atoms with van der Waals surface area (Å²) < 4.78 is 10.8. The number of hydrogen-bond donors (Lipinski definition) is 0. The van der Waals surface area contributed by atoms with Gasteiger partial charge in [-0.25, -0.2) is 19.1 Å². The van der Waals surface area contributed by atoms with Gasteiger partial charge in [-0.3, -0.25) is 8.80 Å². The van der Waals surface area contributed by atoms with Crippen LogP contribution in [-0.4, -0.2) is 47.4 Å². The molecule has 0 fully saturated rings. The van der Waals surface area contributed by atoms with Gasteiger partial charge in [0.1, 0.15) is 0 Å². The molecule has 0 saturated carbocycles. The lowest BCUT2D eigenvalue weighted by Crippen LogP contribution is -2.11. The largest absolute Gasteiger partial charge is 0.309 e. The average Bonchev–Trinajstić information content (AvgIpc) is 4.06. The lowest BCUT2D eigenvalue weighted by Gasteiger charge is -2.15. The van der Waals surface area contributed by atoms with E-state index in [0.29, 0.717) is 29.3 Å². The predicted octanol–water partition coefficient (Wildman–Crippen LogP) is 10.1. The minimum absolute atomic E-state index is 0.445. The third kappa shape index (κ3) is 4.10. The molecule has 0 atom stereocenters. The van der Waals surface area contributed by atoms with Crippen LogP contribution in [0.4, 0.5) is 0 Å². The van der Waals surface area contributed by atoms with Crippen molar-refractivity contribution in [2.45, 2.75) is 0 Å². The van der Waals surface area contributed by atoms with E-state index >= 15 is 0 Å². The first kappa shape index (κ1) is 30.2. The van der Waals surface area contributed by atoms with Crippen LogP contribution in [0.15, 0.2) is 170 Å². The molecule has 0 radical (unpaired) electrons. The van der Waals surface area contributed by atoms with E-state index in [2.05, 4.69) is 138 Å². The fourth-order valence-corrected chi connectivity index (χ4v) is 8.81. The first-order chi connectivity index (χ1) is 28.3. The van der Waals surface area contributed by atoms with Crippen molar-refractivity contribution in [1.29, 1.82) is 0 Å². The molecule has 0 saturated heterocycles. The van der Waals surface area contributed by atoms with Gasteiger partial charge in [0.2, 0.25) is 23.5 Å². The summed E-state index contributed by atoms with van der Waals surface area (Å²) in [4.78, 5) is 26.5. The molecular weight excluding hydrogens is 705 g/mol. The van der Waals surface area contributed by atoms with Gasteiger partial charge in [0.25, 0.3) is 0 Å². The van der Waals surface area contributed by atoms with Gasteiger partial charge in [-0.1, -0.05) is 97.1 Å². The highest BCUT2D eigenvalue weighted by Crippen LogP contribution is 2.37. The van der Waals surface area contributed by atoms with Crippen LogP contribution >= 0.6 is 0 Å². The maximum Gasteiger partial charge on any atom is 0.242 e. The average molecular weight is 733 g/mol. The maximum atomic E-state index is 5.39. The highest BCUT2D eigenvalue weighted by Gasteiger charge is 2.25. The van der Waals surface area contributed by atoms with Crippen LogP contribution in [0.1, 0.15) is 0 Å². The van der Waals surface area contributed by atoms with Crippen LogP contribution in [0.25, 0.3) is 106 Å². The molecule has 0 bridgehead atoms. The molecule has 13 aromatic rings. The molecule has 0 N–H and O–H groups in total. The summed E-state index contributed by atoms with van der Waals surface area (Å²) in [5.74, 6) is 2.84. The Morgan fingerprint density at radius 1 is 0.298 bits per heavy atom. The number of benzene rings is 7. The number of aromatic nitrogens is 10. The van der Waals surface area contributed by atoms with Crippen LogP contribution in [0.5, 0.6) is 0 Å². The van der Waals surface area contributed by atoms with Crippen LogP contribution < -0.4 is 0 Å². The van der Waals surface area contributed by atoms with Crippen molar-refractivity contribution in [3.63, 3.8) is 0 Å². The fraction of sp³-hybridized carbons (Fsp3) is 0. The number of para-hydroxylation sites is 11. The van der Waals surface area contributed by atoms with Gasteiger partial charge in [0, 0.05) is 16.3 Å². The van der Waals surface area contributed by atoms with Gasteiger partial charge >= 0.3 is 0 Å². The van der Waals surface area contributed by atoms with E-state index < -0.39 is 0 Å². The van der Waals surface area contributed by atoms with Crippen LogP contribution in [-0.2, 0) is 0 Å². The second-order valence-corrected chi connectivity index (χ2v) is 14.3. The second-order valence-electron chi connectivity index (χ2n) is 14.3. The van der Waals surface area contributed by atoms with Gasteiger partial charge in [0.15, 0.2) is 5.82 Å². The fourth-order valence-electron chi connectivity index (χ4n) is 8.81. The molecular formula is C47H28N10. The third-order valence-electron chi connectivity index (χ3n) is 11.2. The minimum Gasteiger partial charge on any atom is -0.309 e. The van der Waals surface area contributed by atoms with Crippen molar-refractivity contribution < 1.29 is 0 Å². The molecule has 0 spiro atoms. The monoisotopic (exact) mass is 732 g/mol. The van der Waals surface area contributed by atoms with Gasteiger partial charge < -0.3 is 4.57 Å². The van der Waals surface area contributed by atoms with Crippen molar-refractivity contribution in [2.24, 2.45) is 0 Å². The van der Waals surface area contributed by atoms with Crippen LogP contribution in [0.2, 0.25) is 0 Å². The SMILES string of the molecule is c1ccc(-n2c3ccccc3c3ccccc32)c(-c2nc(-n3c4ccccc4n4c5ccccc5nc34)nc(-n3c4ccccc4n4c5ccccc5nc34)n2)c1. The van der Waals surface area contributed by atoms with Crippen molar-refractivity contribution >= 4 is 77.5 Å². The Kier molecular flexibility index (Phi) is 5.95. The maximum absolute atomic E-state index is 5.39. The standard InChI is InChI=1S/C47H28N10/c1-6-20-34-29(15-1)30-16-2-7-21-35(30)53(34)36-22-8-3-17-31(36)43-50-44(56-41-27-13-11-25-39(41)54-37-23-9-4-18-32(37)48-46(54)56)52-45(51-43)57-42-28-14-12-26-40(42)55-38-24-10-5-19-33(38)49-47(55)57/h1-28H. The van der Waals surface area contributed by atoms with Gasteiger partial charge in [-0.2, -0.15) is 15.0 Å². The lowest BCUT2D eigenvalue weighted by molar-refractivity contribution is 0.877. The van der Waals surface area contributed by atoms with Crippen molar-refractivity contribution in [3.05, 3.63) is 170 Å². The molecule has 10 nitrogen and oxygen atoms in total. The Hall–Kier alpha value is -8.11. The summed E-state index contributed by atoms with van der Waals surface area (Å²) >= 11 is 0. The Bertz CT molecular complexity index is 3560. The van der Waals surface area contributed by atoms with Crippen molar-refractivity contribution in [3.8, 4) is 29.0 Å². The quantitative estimate of drug-likeness (QED) is 0.180. The van der Waals surface area contributed by atoms with E-state index in [4.69, 9.17) is 24.9 Å². The molecule has 7 aromatic carbocycles. The normalized spacial score (nSPS) is 12.2. The van der Waals surface area contributed by atoms with Crippen LogP contribution in [0.3, 0.4) is 0 Å². The molecule has 266 valence electrons. The number of rotatable bonds is 4. The van der Waals surface area contributed by atoms with Crippen molar-refractivity contribution in [2.75, 3.05) is 0 Å². The zero-order valence-electron chi connectivity index (χ0n) is 30.1. The summed E-state index contributed by atoms with van der Waals surface area (Å²) in [6.07, 6.45) is 0. The first-order valence-corrected chi connectivity index (χ1v) is 18.9. The molecule has 6 heterocycles. The number of hydrogen-bond acceptors (Lipinski definition) is 5. The molecule has 0 aliphatic carbocycles. The van der Waals surface area contributed by atoms with E-state index in [1.807, 2.05) is 54.6 Å². The minimum atomic E-state index is 0.445. The number of nitrogens with zero attached hydrogens (tertiary/aromatic N) is 10. The second kappa shape index (κ2) is 11.2. The summed E-state index contributed by atoms with van der Waals surface area (Å²) in [6, 6.07) is 58.5. The predicted molar refractivity (Wildman–Crippen MR) is 226 cm³/mol. The third-order valence-corrected chi connectivity index (χ3v) is 11.2. The highest BCUT2D eigenvalue weighted by atomic mass is 15.3. The Balaban J connectivity index is 1.17.